The van der Waals surface area contributed by atoms with Crippen LogP contribution in [0.15, 0.2) is 36.7 Å². The Balaban J connectivity index is 2.13. The Hall–Kier alpha value is -2.36. The number of hydrogen-bond acceptors (Lipinski definition) is 2. The van der Waals surface area contributed by atoms with Crippen LogP contribution in [0.2, 0.25) is 0 Å². The minimum Gasteiger partial charge on any atom is -0.478 e. The zero-order chi connectivity index (χ0) is 12.3. The van der Waals surface area contributed by atoms with E-state index in [9.17, 15) is 4.79 Å². The third-order valence-electron chi connectivity index (χ3n) is 2.35. The molecule has 0 amide bonds. The van der Waals surface area contributed by atoms with E-state index in [0.29, 0.717) is 5.56 Å². The van der Waals surface area contributed by atoms with Crippen molar-refractivity contribution in [3.8, 4) is 0 Å². The first-order valence-corrected chi connectivity index (χ1v) is 5.15. The number of aromatic nitrogens is 2. The number of carboxylic acids is 1. The molecule has 0 aliphatic carbocycles. The van der Waals surface area contributed by atoms with E-state index in [1.807, 2.05) is 25.4 Å². The van der Waals surface area contributed by atoms with Gasteiger partial charge < -0.3 is 5.11 Å². The van der Waals surface area contributed by atoms with Crippen molar-refractivity contribution < 1.29 is 9.90 Å². The van der Waals surface area contributed by atoms with Gasteiger partial charge in [-0.15, -0.1) is 0 Å². The lowest BCUT2D eigenvalue weighted by Crippen LogP contribution is -1.94. The number of aryl methyl sites for hydroxylation is 1. The molecule has 0 aliphatic rings. The summed E-state index contributed by atoms with van der Waals surface area (Å²) in [5.41, 5.74) is 2.26. The van der Waals surface area contributed by atoms with Crippen LogP contribution < -0.4 is 0 Å². The molecule has 0 fully saturated rings. The van der Waals surface area contributed by atoms with Gasteiger partial charge in [0.05, 0.1) is 11.8 Å². The number of nitrogens with zero attached hydrogens (tertiary/aromatic N) is 2. The maximum atomic E-state index is 10.7. The Labute approximate surface area is 98.8 Å². The van der Waals surface area contributed by atoms with Crippen LogP contribution in [0.25, 0.3) is 12.2 Å². The van der Waals surface area contributed by atoms with Crippen LogP contribution in [0.1, 0.15) is 21.5 Å². The quantitative estimate of drug-likeness (QED) is 0.876. The summed E-state index contributed by atoms with van der Waals surface area (Å²) in [6.45, 7) is 0. The van der Waals surface area contributed by atoms with Gasteiger partial charge in [-0.2, -0.15) is 5.10 Å². The predicted molar refractivity (Wildman–Crippen MR) is 65.5 cm³/mol. The average molecular weight is 228 g/mol. The Morgan fingerprint density at radius 1 is 1.24 bits per heavy atom. The monoisotopic (exact) mass is 228 g/mol. The molecule has 0 aliphatic heterocycles. The zero-order valence-corrected chi connectivity index (χ0v) is 9.37. The van der Waals surface area contributed by atoms with Gasteiger partial charge in [0.25, 0.3) is 0 Å². The molecule has 0 unspecified atom stereocenters. The first-order chi connectivity index (χ1) is 8.15. The van der Waals surface area contributed by atoms with Gasteiger partial charge in [-0.25, -0.2) is 4.79 Å². The molecule has 17 heavy (non-hydrogen) atoms. The molecule has 2 aromatic rings. The number of carboxylic acid groups (broad SMARTS) is 1. The molecule has 1 heterocycles. The molecule has 1 N–H and O–H groups in total. The van der Waals surface area contributed by atoms with Crippen LogP contribution in [-0.2, 0) is 7.05 Å². The van der Waals surface area contributed by atoms with E-state index in [-0.39, 0.29) is 0 Å². The van der Waals surface area contributed by atoms with Gasteiger partial charge in [-0.05, 0) is 17.7 Å². The van der Waals surface area contributed by atoms with Crippen molar-refractivity contribution in [2.24, 2.45) is 7.05 Å². The Morgan fingerprint density at radius 3 is 2.41 bits per heavy atom. The zero-order valence-electron chi connectivity index (χ0n) is 9.37. The number of aromatic carboxylic acids is 1. The predicted octanol–water partition coefficient (Wildman–Crippen LogP) is 2.29. The van der Waals surface area contributed by atoms with Crippen LogP contribution in [0, 0.1) is 0 Å². The minimum absolute atomic E-state index is 0.295. The smallest absolute Gasteiger partial charge is 0.335 e. The van der Waals surface area contributed by atoms with Crippen LogP contribution in [0.5, 0.6) is 0 Å². The molecule has 1 aromatic carbocycles. The lowest BCUT2D eigenvalue weighted by Gasteiger charge is -1.95. The highest BCUT2D eigenvalue weighted by molar-refractivity contribution is 5.88. The van der Waals surface area contributed by atoms with Gasteiger partial charge in [-0.3, -0.25) is 4.68 Å². The van der Waals surface area contributed by atoms with Gasteiger partial charge in [0, 0.05) is 18.8 Å². The van der Waals surface area contributed by atoms with E-state index in [1.54, 1.807) is 35.1 Å². The number of hydrogen-bond donors (Lipinski definition) is 1. The second-order valence-corrected chi connectivity index (χ2v) is 3.71. The fraction of sp³-hybridized carbons (Fsp3) is 0.0769. The highest BCUT2D eigenvalue weighted by atomic mass is 16.4. The van der Waals surface area contributed by atoms with Crippen LogP contribution in [0.3, 0.4) is 0 Å². The standard InChI is InChI=1S/C13H12N2O2/c1-15-9-11(8-14-15)3-2-10-4-6-12(7-5-10)13(16)17/h2-9H,1H3,(H,16,17)/b3-2+. The summed E-state index contributed by atoms with van der Waals surface area (Å²) < 4.78 is 1.73. The summed E-state index contributed by atoms with van der Waals surface area (Å²) >= 11 is 0. The summed E-state index contributed by atoms with van der Waals surface area (Å²) in [5.74, 6) is -0.909. The molecule has 0 saturated heterocycles. The Morgan fingerprint density at radius 2 is 1.88 bits per heavy atom. The Bertz CT molecular complexity index is 553. The first-order valence-electron chi connectivity index (χ1n) is 5.15. The SMILES string of the molecule is Cn1cc(/C=C/c2ccc(C(=O)O)cc2)cn1. The molecular weight excluding hydrogens is 216 g/mol. The number of rotatable bonds is 3. The molecule has 4 heteroatoms. The van der Waals surface area contributed by atoms with Crippen LogP contribution >= 0.6 is 0 Å². The molecule has 0 radical (unpaired) electrons. The van der Waals surface area contributed by atoms with E-state index < -0.39 is 5.97 Å². The van der Waals surface area contributed by atoms with Crippen molar-refractivity contribution >= 4 is 18.1 Å². The lowest BCUT2D eigenvalue weighted by molar-refractivity contribution is 0.0697. The third kappa shape index (κ3) is 2.81. The maximum absolute atomic E-state index is 10.7. The summed E-state index contributed by atoms with van der Waals surface area (Å²) in [5, 5.41) is 12.8. The highest BCUT2D eigenvalue weighted by Crippen LogP contribution is 2.09. The molecule has 0 atom stereocenters. The first kappa shape index (κ1) is 11.1. The molecule has 0 spiro atoms. The van der Waals surface area contributed by atoms with Gasteiger partial charge >= 0.3 is 5.97 Å². The largest absolute Gasteiger partial charge is 0.478 e. The Kier molecular flexibility index (Phi) is 3.05. The fourth-order valence-electron chi connectivity index (χ4n) is 1.46. The normalized spacial score (nSPS) is 10.9. The second kappa shape index (κ2) is 4.65. The third-order valence-corrected chi connectivity index (χ3v) is 2.35. The average Bonchev–Trinajstić information content (AvgIpc) is 2.73. The second-order valence-electron chi connectivity index (χ2n) is 3.71. The summed E-state index contributed by atoms with van der Waals surface area (Å²) in [6.07, 6.45) is 7.52. The van der Waals surface area contributed by atoms with Gasteiger partial charge in [-0.1, -0.05) is 24.3 Å². The molecule has 86 valence electrons. The number of benzene rings is 1. The van der Waals surface area contributed by atoms with Crippen molar-refractivity contribution in [3.63, 3.8) is 0 Å². The summed E-state index contributed by atoms with van der Waals surface area (Å²) in [7, 11) is 1.86. The minimum atomic E-state index is -0.909. The van der Waals surface area contributed by atoms with Crippen LogP contribution in [-0.4, -0.2) is 20.9 Å². The highest BCUT2D eigenvalue weighted by Gasteiger charge is 1.99. The van der Waals surface area contributed by atoms with Crippen molar-refractivity contribution in [1.29, 1.82) is 0 Å². The molecule has 0 saturated carbocycles. The summed E-state index contributed by atoms with van der Waals surface area (Å²) in [4.78, 5) is 10.7. The molecule has 4 nitrogen and oxygen atoms in total. The van der Waals surface area contributed by atoms with E-state index in [2.05, 4.69) is 5.10 Å². The van der Waals surface area contributed by atoms with E-state index in [4.69, 9.17) is 5.11 Å². The molecule has 0 bridgehead atoms. The molecule has 2 rings (SSSR count). The fourth-order valence-corrected chi connectivity index (χ4v) is 1.46. The lowest BCUT2D eigenvalue weighted by atomic mass is 10.1. The van der Waals surface area contributed by atoms with E-state index in [1.165, 1.54) is 0 Å². The topological polar surface area (TPSA) is 55.1 Å². The van der Waals surface area contributed by atoms with Gasteiger partial charge in [0.15, 0.2) is 0 Å². The van der Waals surface area contributed by atoms with Crippen molar-refractivity contribution in [2.75, 3.05) is 0 Å². The van der Waals surface area contributed by atoms with Crippen molar-refractivity contribution in [2.45, 2.75) is 0 Å². The number of carbonyl (C=O) groups is 1. The van der Waals surface area contributed by atoms with Crippen LogP contribution in [0.4, 0.5) is 0 Å². The molecule has 1 aromatic heterocycles. The molecular formula is C13H12N2O2. The van der Waals surface area contributed by atoms with Gasteiger partial charge in [0.2, 0.25) is 0 Å². The van der Waals surface area contributed by atoms with Crippen molar-refractivity contribution in [1.82, 2.24) is 9.78 Å². The van der Waals surface area contributed by atoms with Crippen molar-refractivity contribution in [3.05, 3.63) is 53.3 Å². The van der Waals surface area contributed by atoms with E-state index >= 15 is 0 Å². The summed E-state index contributed by atoms with van der Waals surface area (Å²) in [6, 6.07) is 6.73. The van der Waals surface area contributed by atoms with Gasteiger partial charge in [0.1, 0.15) is 0 Å². The maximum Gasteiger partial charge on any atom is 0.335 e. The van der Waals surface area contributed by atoms with E-state index in [0.717, 1.165) is 11.1 Å².